The molecule has 1 aromatic carbocycles. The van der Waals surface area contributed by atoms with Crippen molar-refractivity contribution >= 4 is 29.9 Å². The number of piperidine rings is 1. The number of nitrogens with one attached hydrogen (secondary N) is 2. The number of guanidine groups is 1. The van der Waals surface area contributed by atoms with E-state index in [1.807, 2.05) is 7.05 Å². The number of likely N-dealkylation sites (tertiary alicyclic amines) is 1. The maximum atomic E-state index is 5.95. The zero-order valence-electron chi connectivity index (χ0n) is 18.8. The average Bonchev–Trinajstić information content (AvgIpc) is 2.73. The molecular weight excluding hydrogens is 489 g/mol. The summed E-state index contributed by atoms with van der Waals surface area (Å²) in [5.74, 6) is 1.60. The van der Waals surface area contributed by atoms with Gasteiger partial charge in [0.1, 0.15) is 0 Å². The summed E-state index contributed by atoms with van der Waals surface area (Å²) in [5.41, 5.74) is 1.40. The summed E-state index contributed by atoms with van der Waals surface area (Å²) >= 11 is 0. The van der Waals surface area contributed by atoms with Gasteiger partial charge >= 0.3 is 0 Å². The van der Waals surface area contributed by atoms with Gasteiger partial charge in [0.05, 0.1) is 12.7 Å². The van der Waals surface area contributed by atoms with Crippen LogP contribution in [0.4, 0.5) is 0 Å². The van der Waals surface area contributed by atoms with E-state index in [4.69, 9.17) is 4.74 Å². The molecule has 2 aliphatic heterocycles. The summed E-state index contributed by atoms with van der Waals surface area (Å²) in [6.07, 6.45) is 2.53. The molecule has 0 amide bonds. The highest BCUT2D eigenvalue weighted by Gasteiger charge is 2.23. The second-order valence-electron chi connectivity index (χ2n) is 8.78. The number of hydrogen-bond acceptors (Lipinski definition) is 4. The van der Waals surface area contributed by atoms with Crippen molar-refractivity contribution in [2.24, 2.45) is 10.9 Å². The first kappa shape index (κ1) is 25.4. The van der Waals surface area contributed by atoms with Crippen molar-refractivity contribution < 1.29 is 4.74 Å². The molecule has 2 N–H and O–H groups in total. The fourth-order valence-corrected chi connectivity index (χ4v) is 4.26. The molecule has 2 fully saturated rings. The summed E-state index contributed by atoms with van der Waals surface area (Å²) < 4.78 is 5.95. The molecule has 1 aromatic rings. The first-order valence-corrected chi connectivity index (χ1v) is 11.2. The highest BCUT2D eigenvalue weighted by Crippen LogP contribution is 2.14. The van der Waals surface area contributed by atoms with Crippen LogP contribution in [0.25, 0.3) is 0 Å². The molecule has 3 rings (SSSR count). The van der Waals surface area contributed by atoms with Crippen LogP contribution >= 0.6 is 24.0 Å². The Morgan fingerprint density at radius 2 is 1.87 bits per heavy atom. The number of nitrogens with zero attached hydrogens (tertiary/aromatic N) is 3. The van der Waals surface area contributed by atoms with Crippen molar-refractivity contribution in [3.05, 3.63) is 35.9 Å². The lowest BCUT2D eigenvalue weighted by Crippen LogP contribution is -2.52. The van der Waals surface area contributed by atoms with Gasteiger partial charge in [0.2, 0.25) is 0 Å². The van der Waals surface area contributed by atoms with Gasteiger partial charge in [0.25, 0.3) is 0 Å². The third kappa shape index (κ3) is 8.69. The van der Waals surface area contributed by atoms with Crippen LogP contribution in [0.3, 0.4) is 0 Å². The fraction of sp³-hybridized carbons (Fsp3) is 0.696. The number of hydrogen-bond donors (Lipinski definition) is 2. The van der Waals surface area contributed by atoms with Crippen LogP contribution in [0.15, 0.2) is 35.3 Å². The number of benzene rings is 1. The monoisotopic (exact) mass is 529 g/mol. The molecule has 0 spiro atoms. The second kappa shape index (κ2) is 13.5. The molecule has 2 saturated heterocycles. The minimum atomic E-state index is 0. The maximum Gasteiger partial charge on any atom is 0.191 e. The van der Waals surface area contributed by atoms with E-state index in [0.717, 1.165) is 71.2 Å². The van der Waals surface area contributed by atoms with Crippen LogP contribution in [-0.4, -0.2) is 80.8 Å². The molecule has 170 valence electrons. The van der Waals surface area contributed by atoms with Crippen LogP contribution in [0.2, 0.25) is 0 Å². The number of morpholine rings is 1. The maximum absolute atomic E-state index is 5.95. The lowest BCUT2D eigenvalue weighted by atomic mass is 10.0. The number of halogens is 1. The van der Waals surface area contributed by atoms with E-state index in [2.05, 4.69) is 69.6 Å². The molecule has 6 nitrogen and oxygen atoms in total. The topological polar surface area (TPSA) is 52.1 Å². The first-order valence-electron chi connectivity index (χ1n) is 11.2. The lowest BCUT2D eigenvalue weighted by molar-refractivity contribution is -0.0284. The molecule has 2 aliphatic rings. The van der Waals surface area contributed by atoms with E-state index in [1.165, 1.54) is 5.56 Å². The molecular formula is C23H40IN5O. The van der Waals surface area contributed by atoms with Gasteiger partial charge in [-0.15, -0.1) is 24.0 Å². The second-order valence-corrected chi connectivity index (χ2v) is 8.78. The Morgan fingerprint density at radius 3 is 2.53 bits per heavy atom. The van der Waals surface area contributed by atoms with Gasteiger partial charge in [-0.3, -0.25) is 14.8 Å². The molecule has 0 saturated carbocycles. The Balaban J connectivity index is 0.00000320. The molecule has 0 bridgehead atoms. The SMILES string of the molecule is CN=C(NCC1CN(CC(C)C)CCO1)NC1CCN(Cc2ccccc2)CC1.I. The van der Waals surface area contributed by atoms with E-state index < -0.39 is 0 Å². The minimum absolute atomic E-state index is 0. The smallest absolute Gasteiger partial charge is 0.191 e. The zero-order chi connectivity index (χ0) is 20.5. The van der Waals surface area contributed by atoms with Crippen molar-refractivity contribution in [1.29, 1.82) is 0 Å². The third-order valence-electron chi connectivity index (χ3n) is 5.74. The standard InChI is InChI=1S/C23H39N5O.HI/c1-19(2)16-28-13-14-29-22(18-28)15-25-23(24-3)26-21-9-11-27(12-10-21)17-20-7-5-4-6-8-20;/h4-8,19,21-22H,9-18H2,1-3H3,(H2,24,25,26);1H. The van der Waals surface area contributed by atoms with Crippen molar-refractivity contribution in [3.8, 4) is 0 Å². The van der Waals surface area contributed by atoms with Crippen LogP contribution in [-0.2, 0) is 11.3 Å². The summed E-state index contributed by atoms with van der Waals surface area (Å²) in [4.78, 5) is 9.49. The van der Waals surface area contributed by atoms with Crippen molar-refractivity contribution in [2.45, 2.75) is 45.4 Å². The van der Waals surface area contributed by atoms with Crippen LogP contribution < -0.4 is 10.6 Å². The van der Waals surface area contributed by atoms with Gasteiger partial charge in [0, 0.05) is 58.9 Å². The first-order chi connectivity index (χ1) is 14.1. The van der Waals surface area contributed by atoms with Gasteiger partial charge in [-0.05, 0) is 24.3 Å². The van der Waals surface area contributed by atoms with E-state index in [-0.39, 0.29) is 30.1 Å². The summed E-state index contributed by atoms with van der Waals surface area (Å²) in [5, 5.41) is 7.10. The molecule has 1 atom stereocenters. The van der Waals surface area contributed by atoms with Gasteiger partial charge in [0.15, 0.2) is 5.96 Å². The largest absolute Gasteiger partial charge is 0.374 e. The predicted molar refractivity (Wildman–Crippen MR) is 136 cm³/mol. The van der Waals surface area contributed by atoms with Crippen LogP contribution in [0.1, 0.15) is 32.3 Å². The zero-order valence-corrected chi connectivity index (χ0v) is 21.2. The Morgan fingerprint density at radius 1 is 1.13 bits per heavy atom. The van der Waals surface area contributed by atoms with Gasteiger partial charge in [-0.2, -0.15) is 0 Å². The van der Waals surface area contributed by atoms with Gasteiger partial charge in [-0.25, -0.2) is 0 Å². The Hall–Kier alpha value is -0.900. The summed E-state index contributed by atoms with van der Waals surface area (Å²) in [7, 11) is 1.85. The number of aliphatic imine (C=N–C) groups is 1. The van der Waals surface area contributed by atoms with E-state index in [1.54, 1.807) is 0 Å². The number of ether oxygens (including phenoxy) is 1. The molecule has 30 heavy (non-hydrogen) atoms. The Labute approximate surface area is 199 Å². The molecule has 0 aromatic heterocycles. The highest BCUT2D eigenvalue weighted by atomic mass is 127. The lowest BCUT2D eigenvalue weighted by Gasteiger charge is -2.35. The van der Waals surface area contributed by atoms with Crippen molar-refractivity contribution in [1.82, 2.24) is 20.4 Å². The summed E-state index contributed by atoms with van der Waals surface area (Å²) in [6.45, 7) is 12.7. The minimum Gasteiger partial charge on any atom is -0.374 e. The van der Waals surface area contributed by atoms with E-state index >= 15 is 0 Å². The Bertz CT molecular complexity index is 619. The average molecular weight is 530 g/mol. The van der Waals surface area contributed by atoms with Gasteiger partial charge in [-0.1, -0.05) is 44.2 Å². The number of rotatable bonds is 7. The van der Waals surface area contributed by atoms with Crippen LogP contribution in [0, 0.1) is 5.92 Å². The van der Waals surface area contributed by atoms with Crippen molar-refractivity contribution in [3.63, 3.8) is 0 Å². The molecule has 2 heterocycles. The molecule has 0 radical (unpaired) electrons. The van der Waals surface area contributed by atoms with Crippen molar-refractivity contribution in [2.75, 3.05) is 52.9 Å². The molecule has 1 unspecified atom stereocenters. The van der Waals surface area contributed by atoms with E-state index in [9.17, 15) is 0 Å². The third-order valence-corrected chi connectivity index (χ3v) is 5.74. The highest BCUT2D eigenvalue weighted by molar-refractivity contribution is 14.0. The Kier molecular flexibility index (Phi) is 11.4. The quantitative estimate of drug-likeness (QED) is 0.323. The van der Waals surface area contributed by atoms with E-state index in [0.29, 0.717) is 12.0 Å². The molecule has 0 aliphatic carbocycles. The summed E-state index contributed by atoms with van der Waals surface area (Å²) in [6, 6.07) is 11.2. The fourth-order valence-electron chi connectivity index (χ4n) is 4.26. The van der Waals surface area contributed by atoms with Crippen LogP contribution in [0.5, 0.6) is 0 Å². The molecule has 7 heteroatoms. The predicted octanol–water partition coefficient (Wildman–Crippen LogP) is 2.79. The normalized spacial score (nSPS) is 22.0. The van der Waals surface area contributed by atoms with Gasteiger partial charge < -0.3 is 15.4 Å².